The van der Waals surface area contributed by atoms with Gasteiger partial charge in [0.25, 0.3) is 0 Å². The average molecular weight is 558 g/mol. The van der Waals surface area contributed by atoms with Crippen molar-refractivity contribution in [1.82, 2.24) is 15.6 Å². The van der Waals surface area contributed by atoms with E-state index in [4.69, 9.17) is 23.9 Å². The zero-order valence-corrected chi connectivity index (χ0v) is 23.7. The van der Waals surface area contributed by atoms with Crippen LogP contribution < -0.4 is 24.8 Å². The van der Waals surface area contributed by atoms with E-state index in [1.165, 1.54) is 13.2 Å². The fourth-order valence-electron chi connectivity index (χ4n) is 5.81. The first kappa shape index (κ1) is 28.6. The molecule has 3 heterocycles. The van der Waals surface area contributed by atoms with Crippen LogP contribution in [0.5, 0.6) is 17.4 Å². The third kappa shape index (κ3) is 6.50. The lowest BCUT2D eigenvalue weighted by Gasteiger charge is -2.47. The Hall–Kier alpha value is -2.95. The third-order valence-electron chi connectivity index (χ3n) is 7.80. The van der Waals surface area contributed by atoms with Crippen LogP contribution in [-0.2, 0) is 22.4 Å². The average Bonchev–Trinajstić information content (AvgIpc) is 3.34. The Morgan fingerprint density at radius 3 is 2.75 bits per heavy atom. The predicted molar refractivity (Wildman–Crippen MR) is 146 cm³/mol. The molecular weight excluding hydrogens is 517 g/mol. The summed E-state index contributed by atoms with van der Waals surface area (Å²) in [5.74, 6) is 0.133. The molecule has 40 heavy (non-hydrogen) atoms. The monoisotopic (exact) mass is 557 g/mol. The standard InChI is InChI=1S/C30H40FN3O6/c1-29(2,3)12-19-8-20-23(13-30(6-5-7-30)40-28(20)33-14-19)32-15-24(35)22(34-26(36)16-37-4)10-18-9-21(31)27-25(11-18)38-17-39-27/h8-9,11,14,22-24,32,35H,5-7,10,12-13,15-17H2,1-4H3,(H,34,36)/t22-,23-,24-/m0/s1. The quantitative estimate of drug-likeness (QED) is 0.407. The molecule has 9 nitrogen and oxygen atoms in total. The minimum Gasteiger partial charge on any atom is -0.471 e. The number of halogens is 1. The molecule has 1 aromatic carbocycles. The van der Waals surface area contributed by atoms with Crippen LogP contribution in [0, 0.1) is 11.2 Å². The van der Waals surface area contributed by atoms with E-state index >= 15 is 0 Å². The number of methoxy groups -OCH3 is 1. The van der Waals surface area contributed by atoms with Crippen LogP contribution in [0.1, 0.15) is 69.2 Å². The molecule has 3 aliphatic rings. The molecule has 0 unspecified atom stereocenters. The number of hydrogen-bond donors (Lipinski definition) is 3. The summed E-state index contributed by atoms with van der Waals surface area (Å²) in [5.41, 5.74) is 2.58. The van der Waals surface area contributed by atoms with Crippen molar-refractivity contribution < 1.29 is 33.2 Å². The summed E-state index contributed by atoms with van der Waals surface area (Å²) >= 11 is 0. The van der Waals surface area contributed by atoms with Crippen molar-refractivity contribution in [2.45, 2.75) is 83.1 Å². The lowest BCUT2D eigenvalue weighted by Crippen LogP contribution is -2.52. The number of ether oxygens (including phenoxy) is 4. The van der Waals surface area contributed by atoms with Gasteiger partial charge < -0.3 is 34.7 Å². The predicted octanol–water partition coefficient (Wildman–Crippen LogP) is 3.61. The number of hydrogen-bond acceptors (Lipinski definition) is 8. The summed E-state index contributed by atoms with van der Waals surface area (Å²) in [6.45, 7) is 6.60. The summed E-state index contributed by atoms with van der Waals surface area (Å²) in [5, 5.41) is 17.7. The summed E-state index contributed by atoms with van der Waals surface area (Å²) in [7, 11) is 1.43. The Labute approximate surface area is 234 Å². The molecule has 1 amide bonds. The number of pyridine rings is 1. The van der Waals surface area contributed by atoms with E-state index in [0.29, 0.717) is 17.2 Å². The number of aromatic nitrogens is 1. The largest absolute Gasteiger partial charge is 0.471 e. The highest BCUT2D eigenvalue weighted by Crippen LogP contribution is 2.48. The Kier molecular flexibility index (Phi) is 8.22. The first-order valence-electron chi connectivity index (χ1n) is 14.0. The molecule has 10 heteroatoms. The second-order valence-electron chi connectivity index (χ2n) is 12.5. The highest BCUT2D eigenvalue weighted by Gasteiger charge is 2.46. The fourth-order valence-corrected chi connectivity index (χ4v) is 5.81. The lowest BCUT2D eigenvalue weighted by molar-refractivity contribution is -0.126. The van der Waals surface area contributed by atoms with Crippen LogP contribution in [0.15, 0.2) is 24.4 Å². The Morgan fingerprint density at radius 2 is 2.05 bits per heavy atom. The maximum absolute atomic E-state index is 14.6. The van der Waals surface area contributed by atoms with Gasteiger partial charge in [0.1, 0.15) is 12.2 Å². The van der Waals surface area contributed by atoms with Gasteiger partial charge in [0.05, 0.1) is 12.1 Å². The van der Waals surface area contributed by atoms with Gasteiger partial charge in [-0.1, -0.05) is 20.8 Å². The van der Waals surface area contributed by atoms with Crippen LogP contribution >= 0.6 is 0 Å². The summed E-state index contributed by atoms with van der Waals surface area (Å²) in [6.07, 6.45) is 5.86. The second-order valence-corrected chi connectivity index (χ2v) is 12.5. The van der Waals surface area contributed by atoms with E-state index in [0.717, 1.165) is 43.2 Å². The molecule has 218 valence electrons. The Bertz CT molecular complexity index is 1230. The topological polar surface area (TPSA) is 111 Å². The van der Waals surface area contributed by atoms with E-state index in [2.05, 4.69) is 37.5 Å². The molecule has 2 aliphatic heterocycles. The number of amides is 1. The first-order valence-corrected chi connectivity index (χ1v) is 14.0. The van der Waals surface area contributed by atoms with Crippen molar-refractivity contribution in [2.24, 2.45) is 5.41 Å². The van der Waals surface area contributed by atoms with Gasteiger partial charge in [-0.3, -0.25) is 4.79 Å². The number of rotatable bonds is 10. The van der Waals surface area contributed by atoms with Crippen molar-refractivity contribution in [3.63, 3.8) is 0 Å². The van der Waals surface area contributed by atoms with E-state index in [9.17, 15) is 14.3 Å². The van der Waals surface area contributed by atoms with Gasteiger partial charge in [-0.2, -0.15) is 0 Å². The van der Waals surface area contributed by atoms with Crippen molar-refractivity contribution in [3.8, 4) is 17.4 Å². The zero-order chi connectivity index (χ0) is 28.5. The highest BCUT2D eigenvalue weighted by molar-refractivity contribution is 5.77. The number of aliphatic hydroxyl groups is 1. The molecule has 1 saturated carbocycles. The van der Waals surface area contributed by atoms with E-state index in [1.807, 2.05) is 6.20 Å². The van der Waals surface area contributed by atoms with Crippen molar-refractivity contribution in [2.75, 3.05) is 27.1 Å². The van der Waals surface area contributed by atoms with Gasteiger partial charge in [-0.25, -0.2) is 9.37 Å². The number of carbonyl (C=O) groups excluding carboxylic acids is 1. The molecule has 0 radical (unpaired) electrons. The van der Waals surface area contributed by atoms with Crippen LogP contribution in [0.3, 0.4) is 0 Å². The second kappa shape index (κ2) is 11.5. The molecule has 1 aliphatic carbocycles. The van der Waals surface area contributed by atoms with E-state index in [-0.39, 0.29) is 55.1 Å². The van der Waals surface area contributed by atoms with Crippen LogP contribution in [0.25, 0.3) is 0 Å². The van der Waals surface area contributed by atoms with Crippen LogP contribution in [-0.4, -0.2) is 60.8 Å². The number of nitrogens with one attached hydrogen (secondary N) is 2. The lowest BCUT2D eigenvalue weighted by atomic mass is 9.73. The van der Waals surface area contributed by atoms with Gasteiger partial charge in [0.2, 0.25) is 24.3 Å². The summed E-state index contributed by atoms with van der Waals surface area (Å²) in [6, 6.07) is 4.43. The number of fused-ring (bicyclic) bond motifs is 2. The minimum absolute atomic E-state index is 0.0450. The summed E-state index contributed by atoms with van der Waals surface area (Å²) in [4.78, 5) is 17.1. The third-order valence-corrected chi connectivity index (χ3v) is 7.80. The number of aliphatic hydroxyl groups excluding tert-OH is 1. The van der Waals surface area contributed by atoms with Gasteiger partial charge in [0, 0.05) is 37.9 Å². The van der Waals surface area contributed by atoms with Crippen molar-refractivity contribution in [1.29, 1.82) is 0 Å². The smallest absolute Gasteiger partial charge is 0.246 e. The summed E-state index contributed by atoms with van der Waals surface area (Å²) < 4.78 is 36.4. The molecule has 1 fully saturated rings. The molecule has 3 N–H and O–H groups in total. The molecule has 2 aromatic rings. The molecule has 1 spiro atoms. The maximum Gasteiger partial charge on any atom is 0.246 e. The zero-order valence-electron chi connectivity index (χ0n) is 23.7. The molecule has 1 aromatic heterocycles. The fraction of sp³-hybridized carbons (Fsp3) is 0.600. The maximum atomic E-state index is 14.6. The molecule has 0 saturated heterocycles. The highest BCUT2D eigenvalue weighted by atomic mass is 19.1. The van der Waals surface area contributed by atoms with Crippen molar-refractivity contribution in [3.05, 3.63) is 46.9 Å². The van der Waals surface area contributed by atoms with Crippen LogP contribution in [0.4, 0.5) is 4.39 Å². The van der Waals surface area contributed by atoms with E-state index < -0.39 is 18.0 Å². The van der Waals surface area contributed by atoms with Crippen molar-refractivity contribution >= 4 is 5.91 Å². The van der Waals surface area contributed by atoms with Gasteiger partial charge in [-0.05, 0) is 66.8 Å². The number of nitrogens with zero attached hydrogens (tertiary/aromatic N) is 1. The number of carbonyl (C=O) groups is 1. The molecule has 5 rings (SSSR count). The van der Waals surface area contributed by atoms with Gasteiger partial charge in [-0.15, -0.1) is 0 Å². The normalized spacial score (nSPS) is 20.3. The molecule has 0 bridgehead atoms. The first-order chi connectivity index (χ1) is 19.0. The van der Waals surface area contributed by atoms with E-state index in [1.54, 1.807) is 6.07 Å². The molecule has 3 atom stereocenters. The van der Waals surface area contributed by atoms with Crippen LogP contribution in [0.2, 0.25) is 0 Å². The SMILES string of the molecule is COCC(=O)N[C@@H](Cc1cc(F)c2c(c1)OCO2)[C@@H](O)CN[C@H]1CC2(CCC2)Oc2ncc(CC(C)(C)C)cc21. The number of benzene rings is 1. The van der Waals surface area contributed by atoms with Gasteiger partial charge >= 0.3 is 0 Å². The Morgan fingerprint density at radius 1 is 1.25 bits per heavy atom. The minimum atomic E-state index is -0.969. The van der Waals surface area contributed by atoms with Gasteiger partial charge in [0.15, 0.2) is 11.6 Å². The molecular formula is C30H40FN3O6. The Balaban J connectivity index is 1.33.